The van der Waals surface area contributed by atoms with Gasteiger partial charge in [0, 0.05) is 16.6 Å². The molecule has 2 aliphatic rings. The van der Waals surface area contributed by atoms with Crippen molar-refractivity contribution < 1.29 is 19.0 Å². The second kappa shape index (κ2) is 7.19. The number of rotatable bonds is 6. The van der Waals surface area contributed by atoms with Crippen molar-refractivity contribution in [3.8, 4) is 22.8 Å². The van der Waals surface area contributed by atoms with Crippen LogP contribution in [0.1, 0.15) is 17.3 Å². The summed E-state index contributed by atoms with van der Waals surface area (Å²) >= 11 is 0. The van der Waals surface area contributed by atoms with E-state index in [9.17, 15) is 4.79 Å². The fourth-order valence-corrected chi connectivity index (χ4v) is 3.31. The van der Waals surface area contributed by atoms with Crippen LogP contribution in [-0.4, -0.2) is 37.0 Å². The molecule has 1 heterocycles. The summed E-state index contributed by atoms with van der Waals surface area (Å²) in [4.78, 5) is 12.0. The molecule has 0 radical (unpaired) electrons. The number of carbonyl (C=O) groups excluding carboxylic acids is 1. The molecule has 0 spiro atoms. The van der Waals surface area contributed by atoms with E-state index < -0.39 is 0 Å². The molecule has 7 nitrogen and oxygen atoms in total. The van der Waals surface area contributed by atoms with Crippen LogP contribution >= 0.6 is 0 Å². The van der Waals surface area contributed by atoms with Gasteiger partial charge < -0.3 is 19.5 Å². The van der Waals surface area contributed by atoms with Crippen molar-refractivity contribution >= 4 is 28.2 Å². The number of anilines is 2. The van der Waals surface area contributed by atoms with E-state index in [0.29, 0.717) is 23.7 Å². The van der Waals surface area contributed by atoms with Gasteiger partial charge in [-0.1, -0.05) is 6.07 Å². The van der Waals surface area contributed by atoms with Gasteiger partial charge in [0.1, 0.15) is 5.82 Å². The maximum atomic E-state index is 12.0. The Balaban J connectivity index is 1.69. The van der Waals surface area contributed by atoms with Crippen LogP contribution in [0.5, 0.6) is 11.5 Å². The predicted molar refractivity (Wildman–Crippen MR) is 108 cm³/mol. The smallest absolute Gasteiger partial charge is 0.338 e. The van der Waals surface area contributed by atoms with Crippen LogP contribution in [0.4, 0.5) is 11.5 Å². The molecule has 0 saturated carbocycles. The lowest BCUT2D eigenvalue weighted by Gasteiger charge is -2.07. The Morgan fingerprint density at radius 3 is 2.57 bits per heavy atom. The third-order valence-electron chi connectivity index (χ3n) is 4.62. The van der Waals surface area contributed by atoms with E-state index in [1.807, 2.05) is 24.3 Å². The van der Waals surface area contributed by atoms with Gasteiger partial charge in [-0.15, -0.1) is 0 Å². The number of carbonyl (C=O) groups is 1. The summed E-state index contributed by atoms with van der Waals surface area (Å²) in [5.41, 5.74) is 3.23. The number of benzene rings is 2. The molecule has 0 amide bonds. The molecule has 0 unspecified atom stereocenters. The topological polar surface area (TPSA) is 88.4 Å². The maximum Gasteiger partial charge on any atom is 0.338 e. The number of fused-ring (bicyclic) bond motifs is 3. The van der Waals surface area contributed by atoms with Gasteiger partial charge >= 0.3 is 5.97 Å². The highest BCUT2D eigenvalue weighted by Crippen LogP contribution is 2.42. The molecule has 0 bridgehead atoms. The Morgan fingerprint density at radius 1 is 1.04 bits per heavy atom. The molecule has 1 aliphatic carbocycles. The average molecular weight is 379 g/mol. The van der Waals surface area contributed by atoms with Crippen LogP contribution in [0, 0.1) is 0 Å². The van der Waals surface area contributed by atoms with Crippen molar-refractivity contribution in [1.29, 1.82) is 0 Å². The molecule has 0 atom stereocenters. The first-order valence-electron chi connectivity index (χ1n) is 8.93. The summed E-state index contributed by atoms with van der Waals surface area (Å²) in [6, 6.07) is 13.2. The van der Waals surface area contributed by atoms with Gasteiger partial charge in [-0.25, -0.2) is 4.79 Å². The zero-order valence-corrected chi connectivity index (χ0v) is 15.9. The molecule has 0 aromatic heterocycles. The van der Waals surface area contributed by atoms with E-state index in [2.05, 4.69) is 21.6 Å². The summed E-state index contributed by atoms with van der Waals surface area (Å²) in [5, 5.41) is 11.7. The van der Waals surface area contributed by atoms with Crippen LogP contribution in [0.15, 0.2) is 42.5 Å². The number of aromatic nitrogens is 2. The average Bonchev–Trinajstić information content (AvgIpc) is 3.26. The number of nitrogens with one attached hydrogen (secondary N) is 3. The summed E-state index contributed by atoms with van der Waals surface area (Å²) in [6.45, 7) is 2.13. The Kier molecular flexibility index (Phi) is 4.57. The second-order valence-electron chi connectivity index (χ2n) is 6.28. The van der Waals surface area contributed by atoms with Gasteiger partial charge in [-0.05, 0) is 48.7 Å². The molecule has 28 heavy (non-hydrogen) atoms. The number of hydrogen-bond donors (Lipinski definition) is 3. The van der Waals surface area contributed by atoms with Crippen LogP contribution in [0.2, 0.25) is 0 Å². The maximum absolute atomic E-state index is 12.0. The third kappa shape index (κ3) is 3.00. The molecule has 0 fully saturated rings. The fourth-order valence-electron chi connectivity index (χ4n) is 3.31. The number of esters is 1. The largest absolute Gasteiger partial charge is 0.493 e. The quantitative estimate of drug-likeness (QED) is 0.428. The summed E-state index contributed by atoms with van der Waals surface area (Å²) in [6.07, 6.45) is 0. The first-order chi connectivity index (χ1) is 13.6. The lowest BCUT2D eigenvalue weighted by Crippen LogP contribution is -2.05. The lowest BCUT2D eigenvalue weighted by molar-refractivity contribution is 0.0526. The van der Waals surface area contributed by atoms with E-state index in [4.69, 9.17) is 14.2 Å². The molecule has 2 aromatic carbocycles. The summed E-state index contributed by atoms with van der Waals surface area (Å²) in [7, 11) is 3.24. The zero-order valence-electron chi connectivity index (χ0n) is 15.9. The molecule has 4 rings (SSSR count). The van der Waals surface area contributed by atoms with Gasteiger partial charge in [0.2, 0.25) is 0 Å². The first kappa shape index (κ1) is 17.8. The summed E-state index contributed by atoms with van der Waals surface area (Å²) in [5.74, 6) is 1.81. The van der Waals surface area contributed by atoms with Gasteiger partial charge in [0.15, 0.2) is 11.5 Å². The second-order valence-corrected chi connectivity index (χ2v) is 6.28. The minimum Gasteiger partial charge on any atom is -0.493 e. The van der Waals surface area contributed by atoms with Crippen molar-refractivity contribution in [1.82, 2.24) is 10.2 Å². The minimum absolute atomic E-state index is 0.340. The van der Waals surface area contributed by atoms with Gasteiger partial charge in [0.25, 0.3) is 0 Å². The number of aromatic amines is 2. The number of methoxy groups -OCH3 is 2. The van der Waals surface area contributed by atoms with Crippen molar-refractivity contribution in [2.24, 2.45) is 0 Å². The molecule has 3 N–H and O–H groups in total. The third-order valence-corrected chi connectivity index (χ3v) is 4.62. The van der Waals surface area contributed by atoms with E-state index >= 15 is 0 Å². The van der Waals surface area contributed by atoms with Crippen molar-refractivity contribution in [2.75, 3.05) is 26.1 Å². The highest BCUT2D eigenvalue weighted by Gasteiger charge is 2.19. The van der Waals surface area contributed by atoms with Crippen molar-refractivity contribution in [3.05, 3.63) is 48.0 Å². The van der Waals surface area contributed by atoms with Crippen LogP contribution in [0.3, 0.4) is 0 Å². The van der Waals surface area contributed by atoms with Crippen molar-refractivity contribution in [2.45, 2.75) is 6.92 Å². The minimum atomic E-state index is -0.340. The number of ether oxygens (including phenoxy) is 3. The zero-order chi connectivity index (χ0) is 19.7. The number of hydrogen-bond acceptors (Lipinski definition) is 5. The van der Waals surface area contributed by atoms with Gasteiger partial charge in [-0.2, -0.15) is 0 Å². The van der Waals surface area contributed by atoms with E-state index in [1.54, 1.807) is 33.3 Å². The molecule has 144 valence electrons. The van der Waals surface area contributed by atoms with Gasteiger partial charge in [-0.3, -0.25) is 10.2 Å². The standard InChI is InChI=1S/C21H21N3O4/c1-4-28-21(25)12-6-5-7-14(8-12)22-20-16-9-13-10-17(26-2)18(27-3)11-15(13)19(16)23-24-20/h5-11,22-24H,4H2,1-3H3. The van der Waals surface area contributed by atoms with Gasteiger partial charge in [0.05, 0.1) is 32.1 Å². The van der Waals surface area contributed by atoms with Crippen LogP contribution in [0.25, 0.3) is 22.0 Å². The SMILES string of the molecule is CCOC(=O)c1cccc(Nc2[nH][nH]c3c4cc(OC)c(OC)cc4cc2-3)c1. The van der Waals surface area contributed by atoms with E-state index in [-0.39, 0.29) is 5.97 Å². The predicted octanol–water partition coefficient (Wildman–Crippen LogP) is 4.54. The van der Waals surface area contributed by atoms with Crippen LogP contribution < -0.4 is 14.8 Å². The molecular weight excluding hydrogens is 358 g/mol. The Labute approximate surface area is 161 Å². The lowest BCUT2D eigenvalue weighted by atomic mass is 10.2. The van der Waals surface area contributed by atoms with Crippen LogP contribution in [-0.2, 0) is 4.74 Å². The van der Waals surface area contributed by atoms with E-state index in [1.165, 1.54) is 0 Å². The first-order valence-corrected chi connectivity index (χ1v) is 8.93. The molecule has 2 aromatic rings. The normalized spacial score (nSPS) is 11.0. The number of H-pyrrole nitrogens is 2. The fraction of sp³-hybridized carbons (Fsp3) is 0.190. The molecular formula is C21H21N3O4. The summed E-state index contributed by atoms with van der Waals surface area (Å²) < 4.78 is 15.9. The molecule has 7 heteroatoms. The van der Waals surface area contributed by atoms with E-state index in [0.717, 1.165) is 33.5 Å². The highest BCUT2D eigenvalue weighted by atomic mass is 16.5. The van der Waals surface area contributed by atoms with Crippen molar-refractivity contribution in [3.63, 3.8) is 0 Å². The Bertz CT molecular complexity index is 1110. The Morgan fingerprint density at radius 2 is 1.82 bits per heavy atom. The Hall–Kier alpha value is -3.61. The molecule has 1 aliphatic heterocycles. The highest BCUT2D eigenvalue weighted by molar-refractivity contribution is 6.05. The monoisotopic (exact) mass is 379 g/mol. The molecule has 0 saturated heterocycles.